The molecular formula is C23H21F3N4O4. The summed E-state index contributed by atoms with van der Waals surface area (Å²) in [5, 5.41) is 17.5. The number of nitrogens with zero attached hydrogens (tertiary/aromatic N) is 3. The summed E-state index contributed by atoms with van der Waals surface area (Å²) in [6.07, 6.45) is -0.124. The molecule has 3 aromatic rings. The monoisotopic (exact) mass is 474 g/mol. The molecule has 2 N–H and O–H groups in total. The van der Waals surface area contributed by atoms with Gasteiger partial charge in [0.1, 0.15) is 11.3 Å². The summed E-state index contributed by atoms with van der Waals surface area (Å²) in [6, 6.07) is 8.81. The Hall–Kier alpha value is -3.73. The number of hydrogen-bond acceptors (Lipinski definition) is 6. The maximum atomic E-state index is 13.1. The van der Waals surface area contributed by atoms with Crippen molar-refractivity contribution in [3.63, 3.8) is 0 Å². The Morgan fingerprint density at radius 1 is 1.26 bits per heavy atom. The van der Waals surface area contributed by atoms with E-state index in [1.54, 1.807) is 19.1 Å². The summed E-state index contributed by atoms with van der Waals surface area (Å²) in [5.41, 5.74) is -1.20. The molecule has 34 heavy (non-hydrogen) atoms. The molecule has 178 valence electrons. The van der Waals surface area contributed by atoms with Gasteiger partial charge in [0.25, 0.3) is 11.5 Å². The van der Waals surface area contributed by atoms with E-state index in [9.17, 15) is 27.9 Å². The number of pyridine rings is 1. The van der Waals surface area contributed by atoms with Crippen LogP contribution in [-0.4, -0.2) is 43.8 Å². The highest BCUT2D eigenvalue weighted by Gasteiger charge is 2.38. The highest BCUT2D eigenvalue weighted by Crippen LogP contribution is 2.30. The lowest BCUT2D eigenvalue weighted by molar-refractivity contribution is -0.274. The number of benzene rings is 1. The van der Waals surface area contributed by atoms with Crippen LogP contribution in [0.15, 0.2) is 59.7 Å². The first kappa shape index (κ1) is 23.4. The van der Waals surface area contributed by atoms with E-state index in [-0.39, 0.29) is 11.3 Å². The standard InChI is InChI=1S/C23H21F3N4O4/c1-22(33)10-2-5-19(22)28-20(31)17-12-18(14-6-8-16(9-7-14)34-23(24,25)26)29-30(21(17)32)15-4-3-11-27-13-15/h3-4,6-9,11-13,19,33H,2,5,10H2,1H3,(H,28,31)/t19-,22+/m0/s1. The topological polar surface area (TPSA) is 106 Å². The Morgan fingerprint density at radius 3 is 2.59 bits per heavy atom. The van der Waals surface area contributed by atoms with E-state index in [0.717, 1.165) is 23.2 Å². The van der Waals surface area contributed by atoms with E-state index >= 15 is 0 Å². The van der Waals surface area contributed by atoms with Crippen molar-refractivity contribution in [3.05, 3.63) is 70.8 Å². The number of aliphatic hydroxyl groups is 1. The number of amides is 1. The molecule has 11 heteroatoms. The fraction of sp³-hybridized carbons (Fsp3) is 0.304. The zero-order valence-electron chi connectivity index (χ0n) is 18.0. The molecule has 2 atom stereocenters. The smallest absolute Gasteiger partial charge is 0.406 e. The quantitative estimate of drug-likeness (QED) is 0.588. The largest absolute Gasteiger partial charge is 0.573 e. The molecule has 1 aliphatic carbocycles. The molecule has 2 aromatic heterocycles. The second-order valence-electron chi connectivity index (χ2n) is 8.22. The number of halogens is 3. The minimum atomic E-state index is -4.83. The van der Waals surface area contributed by atoms with E-state index in [1.165, 1.54) is 30.6 Å². The van der Waals surface area contributed by atoms with Crippen LogP contribution in [0.5, 0.6) is 5.75 Å². The maximum Gasteiger partial charge on any atom is 0.573 e. The maximum absolute atomic E-state index is 13.1. The van der Waals surface area contributed by atoms with Gasteiger partial charge in [0.2, 0.25) is 0 Å². The second kappa shape index (κ2) is 8.90. The number of alkyl halides is 3. The predicted molar refractivity (Wildman–Crippen MR) is 115 cm³/mol. The normalized spacial score (nSPS) is 20.2. The first-order valence-electron chi connectivity index (χ1n) is 10.5. The summed E-state index contributed by atoms with van der Waals surface area (Å²) in [5.74, 6) is -1.10. The Balaban J connectivity index is 1.75. The summed E-state index contributed by atoms with van der Waals surface area (Å²) < 4.78 is 42.3. The van der Waals surface area contributed by atoms with Crippen molar-refractivity contribution in [1.82, 2.24) is 20.1 Å². The van der Waals surface area contributed by atoms with E-state index in [2.05, 4.69) is 20.1 Å². The second-order valence-corrected chi connectivity index (χ2v) is 8.22. The number of hydrogen-bond donors (Lipinski definition) is 2. The van der Waals surface area contributed by atoms with Crippen LogP contribution >= 0.6 is 0 Å². The van der Waals surface area contributed by atoms with Gasteiger partial charge in [-0.15, -0.1) is 13.2 Å². The van der Waals surface area contributed by atoms with Crippen LogP contribution in [0.1, 0.15) is 36.5 Å². The van der Waals surface area contributed by atoms with Crippen LogP contribution in [0.2, 0.25) is 0 Å². The van der Waals surface area contributed by atoms with Crippen molar-refractivity contribution < 1.29 is 27.8 Å². The molecule has 1 aromatic carbocycles. The highest BCUT2D eigenvalue weighted by atomic mass is 19.4. The number of rotatable bonds is 5. The van der Waals surface area contributed by atoms with Gasteiger partial charge < -0.3 is 15.2 Å². The molecule has 2 heterocycles. The van der Waals surface area contributed by atoms with Crippen molar-refractivity contribution in [1.29, 1.82) is 0 Å². The van der Waals surface area contributed by atoms with Crippen molar-refractivity contribution in [2.75, 3.05) is 0 Å². The van der Waals surface area contributed by atoms with E-state index in [0.29, 0.717) is 24.1 Å². The first-order chi connectivity index (χ1) is 16.0. The summed E-state index contributed by atoms with van der Waals surface area (Å²) in [7, 11) is 0. The van der Waals surface area contributed by atoms with Crippen LogP contribution in [0, 0.1) is 0 Å². The molecule has 1 fully saturated rings. The lowest BCUT2D eigenvalue weighted by Gasteiger charge is -2.26. The Bertz CT molecular complexity index is 1240. The molecular weight excluding hydrogens is 453 g/mol. The molecule has 0 radical (unpaired) electrons. The average molecular weight is 474 g/mol. The molecule has 8 nitrogen and oxygen atoms in total. The zero-order valence-corrected chi connectivity index (χ0v) is 18.0. The molecule has 4 rings (SSSR count). The van der Waals surface area contributed by atoms with E-state index in [1.807, 2.05) is 0 Å². The SMILES string of the molecule is C[C@@]1(O)CCC[C@@H]1NC(=O)c1cc(-c2ccc(OC(F)(F)F)cc2)nn(-c2cccnc2)c1=O. The molecule has 0 spiro atoms. The van der Waals surface area contributed by atoms with Crippen LogP contribution in [0.25, 0.3) is 16.9 Å². The van der Waals surface area contributed by atoms with Crippen molar-refractivity contribution >= 4 is 5.91 Å². The van der Waals surface area contributed by atoms with Gasteiger partial charge in [0, 0.05) is 11.8 Å². The van der Waals surface area contributed by atoms with E-state index in [4.69, 9.17) is 0 Å². The van der Waals surface area contributed by atoms with Gasteiger partial charge in [0.05, 0.1) is 29.2 Å². The third-order valence-corrected chi connectivity index (χ3v) is 5.66. The molecule has 1 amide bonds. The van der Waals surface area contributed by atoms with Crippen molar-refractivity contribution in [2.24, 2.45) is 0 Å². The van der Waals surface area contributed by atoms with Gasteiger partial charge in [0.15, 0.2) is 0 Å². The Kier molecular flexibility index (Phi) is 6.13. The minimum Gasteiger partial charge on any atom is -0.406 e. The van der Waals surface area contributed by atoms with Gasteiger partial charge in [-0.1, -0.05) is 0 Å². The molecule has 1 aliphatic rings. The molecule has 1 saturated carbocycles. The van der Waals surface area contributed by atoms with Gasteiger partial charge in [-0.2, -0.15) is 9.78 Å². The lowest BCUT2D eigenvalue weighted by atomic mass is 10.00. The first-order valence-corrected chi connectivity index (χ1v) is 10.5. The zero-order chi connectivity index (χ0) is 24.5. The van der Waals surface area contributed by atoms with Crippen LogP contribution in [0.4, 0.5) is 13.2 Å². The fourth-order valence-electron chi connectivity index (χ4n) is 3.89. The van der Waals surface area contributed by atoms with Crippen LogP contribution in [-0.2, 0) is 0 Å². The molecule has 0 bridgehead atoms. The van der Waals surface area contributed by atoms with Gasteiger partial charge in [-0.05, 0) is 68.7 Å². The number of carbonyl (C=O) groups is 1. The molecule has 0 unspecified atom stereocenters. The summed E-state index contributed by atoms with van der Waals surface area (Å²) >= 11 is 0. The van der Waals surface area contributed by atoms with Crippen molar-refractivity contribution in [3.8, 4) is 22.7 Å². The number of aromatic nitrogens is 3. The van der Waals surface area contributed by atoms with Gasteiger partial charge in [-0.25, -0.2) is 0 Å². The third kappa shape index (κ3) is 5.09. The average Bonchev–Trinajstić information content (AvgIpc) is 3.11. The van der Waals surface area contributed by atoms with Gasteiger partial charge >= 0.3 is 6.36 Å². The number of ether oxygens (including phenoxy) is 1. The Labute approximate surface area is 192 Å². The van der Waals surface area contributed by atoms with Crippen molar-refractivity contribution in [2.45, 2.75) is 44.2 Å². The predicted octanol–water partition coefficient (Wildman–Crippen LogP) is 3.23. The summed E-state index contributed by atoms with van der Waals surface area (Å²) in [6.45, 7) is 1.63. The third-order valence-electron chi connectivity index (χ3n) is 5.66. The minimum absolute atomic E-state index is 0.172. The fourth-order valence-corrected chi connectivity index (χ4v) is 3.89. The van der Waals surface area contributed by atoms with Crippen LogP contribution in [0.3, 0.4) is 0 Å². The number of carbonyl (C=O) groups excluding carboxylic acids is 1. The number of nitrogens with one attached hydrogen (secondary N) is 1. The van der Waals surface area contributed by atoms with E-state index < -0.39 is 35.2 Å². The summed E-state index contributed by atoms with van der Waals surface area (Å²) in [4.78, 5) is 30.2. The molecule has 0 saturated heterocycles. The lowest BCUT2D eigenvalue weighted by Crippen LogP contribution is -2.48. The highest BCUT2D eigenvalue weighted by molar-refractivity contribution is 5.95. The Morgan fingerprint density at radius 2 is 2.00 bits per heavy atom. The molecule has 0 aliphatic heterocycles. The van der Waals surface area contributed by atoms with Gasteiger partial charge in [-0.3, -0.25) is 14.6 Å². The van der Waals surface area contributed by atoms with Crippen LogP contribution < -0.4 is 15.6 Å².